The molecule has 0 radical (unpaired) electrons. The summed E-state index contributed by atoms with van der Waals surface area (Å²) in [5, 5.41) is 10.9. The molecule has 1 saturated carbocycles. The van der Waals surface area contributed by atoms with Crippen molar-refractivity contribution in [2.24, 2.45) is 5.92 Å². The number of nitrogens with two attached hydrogens (primary N) is 1. The maximum Gasteiger partial charge on any atom is 0.289 e. The smallest absolute Gasteiger partial charge is 0.289 e. The van der Waals surface area contributed by atoms with Crippen molar-refractivity contribution in [1.29, 1.82) is 0 Å². The number of rotatable bonds is 6. The van der Waals surface area contributed by atoms with Crippen LogP contribution in [-0.2, 0) is 10.0 Å². The molecule has 8 heteroatoms. The summed E-state index contributed by atoms with van der Waals surface area (Å²) in [4.78, 5) is 9.79. The Morgan fingerprint density at radius 2 is 2.10 bits per heavy atom. The molecule has 0 saturated heterocycles. The summed E-state index contributed by atoms with van der Waals surface area (Å²) in [5.41, 5.74) is 5.23. The number of hydrogen-bond acceptors (Lipinski definition) is 5. The van der Waals surface area contributed by atoms with Gasteiger partial charge in [-0.15, -0.1) is 0 Å². The van der Waals surface area contributed by atoms with E-state index in [4.69, 9.17) is 5.73 Å². The van der Waals surface area contributed by atoms with Crippen LogP contribution in [0.4, 0.5) is 11.4 Å². The highest BCUT2D eigenvalue weighted by Crippen LogP contribution is 2.29. The number of nitrogen functional groups attached to an aromatic ring is 1. The summed E-state index contributed by atoms with van der Waals surface area (Å²) in [7, 11) is -3.91. The van der Waals surface area contributed by atoms with Crippen molar-refractivity contribution in [3.05, 3.63) is 28.3 Å². The van der Waals surface area contributed by atoms with Crippen LogP contribution < -0.4 is 10.5 Å². The van der Waals surface area contributed by atoms with Crippen LogP contribution in [0.5, 0.6) is 0 Å². The lowest BCUT2D eigenvalue weighted by atomic mass is 9.83. The first-order valence-corrected chi connectivity index (χ1v) is 7.92. The minimum atomic E-state index is -3.91. The van der Waals surface area contributed by atoms with E-state index in [0.717, 1.165) is 31.4 Å². The van der Waals surface area contributed by atoms with E-state index in [-0.39, 0.29) is 10.6 Å². The van der Waals surface area contributed by atoms with Crippen molar-refractivity contribution < 1.29 is 13.3 Å². The summed E-state index contributed by atoms with van der Waals surface area (Å²) >= 11 is 0. The third-order valence-corrected chi connectivity index (χ3v) is 5.03. The van der Waals surface area contributed by atoms with Crippen LogP contribution in [0.25, 0.3) is 0 Å². The summed E-state index contributed by atoms with van der Waals surface area (Å²) in [6.07, 6.45) is 4.20. The fraction of sp³-hybridized carbons (Fsp3) is 0.500. The van der Waals surface area contributed by atoms with E-state index >= 15 is 0 Å². The maximum absolute atomic E-state index is 12.1. The van der Waals surface area contributed by atoms with Crippen molar-refractivity contribution in [1.82, 2.24) is 4.72 Å². The fourth-order valence-corrected chi connectivity index (χ4v) is 3.40. The minimum Gasteiger partial charge on any atom is -0.399 e. The molecule has 2 rings (SSSR count). The van der Waals surface area contributed by atoms with E-state index in [1.807, 2.05) is 0 Å². The zero-order valence-electron chi connectivity index (χ0n) is 10.9. The Bertz CT molecular complexity index is 611. The Morgan fingerprint density at radius 3 is 2.65 bits per heavy atom. The highest BCUT2D eigenvalue weighted by molar-refractivity contribution is 7.89. The molecule has 0 heterocycles. The molecule has 0 aliphatic heterocycles. The Balaban J connectivity index is 2.14. The number of anilines is 1. The molecular weight excluding hydrogens is 282 g/mol. The predicted octanol–water partition coefficient (Wildman–Crippen LogP) is 1.65. The first-order chi connectivity index (χ1) is 9.40. The van der Waals surface area contributed by atoms with Gasteiger partial charge in [0.25, 0.3) is 5.69 Å². The average Bonchev–Trinajstić information content (AvgIpc) is 2.32. The summed E-state index contributed by atoms with van der Waals surface area (Å²) in [5.74, 6) is 0.563. The summed E-state index contributed by atoms with van der Waals surface area (Å²) < 4.78 is 26.7. The summed E-state index contributed by atoms with van der Waals surface area (Å²) in [6.45, 7) is 0.291. The molecule has 1 fully saturated rings. The minimum absolute atomic E-state index is 0.176. The molecule has 110 valence electrons. The number of hydrogen-bond donors (Lipinski definition) is 2. The topological polar surface area (TPSA) is 115 Å². The van der Waals surface area contributed by atoms with Crippen LogP contribution in [-0.4, -0.2) is 19.9 Å². The summed E-state index contributed by atoms with van der Waals surface area (Å²) in [6, 6.07) is 3.53. The van der Waals surface area contributed by atoms with Gasteiger partial charge in [0.05, 0.1) is 4.92 Å². The van der Waals surface area contributed by atoms with Gasteiger partial charge < -0.3 is 5.73 Å². The van der Waals surface area contributed by atoms with Gasteiger partial charge in [-0.05, 0) is 24.5 Å². The van der Waals surface area contributed by atoms with Gasteiger partial charge in [-0.1, -0.05) is 19.3 Å². The molecule has 0 aromatic heterocycles. The molecule has 3 N–H and O–H groups in total. The number of nitro groups is 1. The Kier molecular flexibility index (Phi) is 4.24. The second-order valence-corrected chi connectivity index (χ2v) is 6.70. The van der Waals surface area contributed by atoms with Gasteiger partial charge >= 0.3 is 0 Å². The third-order valence-electron chi connectivity index (χ3n) is 3.54. The first-order valence-electron chi connectivity index (χ1n) is 6.44. The predicted molar refractivity (Wildman–Crippen MR) is 74.7 cm³/mol. The van der Waals surface area contributed by atoms with E-state index in [2.05, 4.69) is 4.72 Å². The highest BCUT2D eigenvalue weighted by atomic mass is 32.2. The van der Waals surface area contributed by atoms with Crippen LogP contribution in [0, 0.1) is 16.0 Å². The zero-order valence-corrected chi connectivity index (χ0v) is 11.7. The van der Waals surface area contributed by atoms with Crippen molar-refractivity contribution >= 4 is 21.4 Å². The molecule has 0 bridgehead atoms. The molecule has 7 nitrogen and oxygen atoms in total. The standard InChI is InChI=1S/C12H17N3O4S/c13-10-4-5-11(15(16)17)12(8-10)20(18,19)14-7-6-9-2-1-3-9/h4-5,8-9,14H,1-3,6-7,13H2. The Labute approximate surface area is 117 Å². The highest BCUT2D eigenvalue weighted by Gasteiger charge is 2.26. The second-order valence-electron chi connectivity index (χ2n) is 4.97. The van der Waals surface area contributed by atoms with Gasteiger partial charge in [0.2, 0.25) is 10.0 Å². The van der Waals surface area contributed by atoms with Crippen LogP contribution in [0.2, 0.25) is 0 Å². The largest absolute Gasteiger partial charge is 0.399 e. The monoisotopic (exact) mass is 299 g/mol. The Hall–Kier alpha value is -1.67. The van der Waals surface area contributed by atoms with Crippen molar-refractivity contribution in [3.63, 3.8) is 0 Å². The first kappa shape index (κ1) is 14.7. The van der Waals surface area contributed by atoms with Gasteiger partial charge in [0, 0.05) is 18.3 Å². The quantitative estimate of drug-likeness (QED) is 0.470. The zero-order chi connectivity index (χ0) is 14.8. The number of benzene rings is 1. The SMILES string of the molecule is Nc1ccc([N+](=O)[O-])c(S(=O)(=O)NCCC2CCC2)c1. The Morgan fingerprint density at radius 1 is 1.40 bits per heavy atom. The molecule has 1 aromatic rings. The fourth-order valence-electron chi connectivity index (χ4n) is 2.15. The van der Waals surface area contributed by atoms with E-state index in [1.165, 1.54) is 12.5 Å². The van der Waals surface area contributed by atoms with Gasteiger partial charge in [-0.25, -0.2) is 13.1 Å². The molecule has 0 amide bonds. The van der Waals surface area contributed by atoms with Crippen LogP contribution in [0.15, 0.2) is 23.1 Å². The van der Waals surface area contributed by atoms with E-state index in [1.54, 1.807) is 0 Å². The maximum atomic E-state index is 12.1. The average molecular weight is 299 g/mol. The number of sulfonamides is 1. The molecule has 1 aliphatic rings. The lowest BCUT2D eigenvalue weighted by Crippen LogP contribution is -2.28. The van der Waals surface area contributed by atoms with Crippen molar-refractivity contribution in [2.45, 2.75) is 30.6 Å². The molecule has 0 spiro atoms. The van der Waals surface area contributed by atoms with Crippen LogP contribution in [0.1, 0.15) is 25.7 Å². The van der Waals surface area contributed by atoms with E-state index in [0.29, 0.717) is 12.5 Å². The normalized spacial score (nSPS) is 15.8. The third kappa shape index (κ3) is 3.26. The number of nitro benzene ring substituents is 1. The molecule has 0 atom stereocenters. The van der Waals surface area contributed by atoms with Crippen molar-refractivity contribution in [2.75, 3.05) is 12.3 Å². The van der Waals surface area contributed by atoms with Crippen LogP contribution >= 0.6 is 0 Å². The molecule has 1 aromatic carbocycles. The van der Waals surface area contributed by atoms with Gasteiger partial charge in [-0.3, -0.25) is 10.1 Å². The van der Waals surface area contributed by atoms with E-state index in [9.17, 15) is 18.5 Å². The molecule has 1 aliphatic carbocycles. The number of nitrogens with one attached hydrogen (secondary N) is 1. The van der Waals surface area contributed by atoms with Gasteiger partial charge in [-0.2, -0.15) is 0 Å². The van der Waals surface area contributed by atoms with Crippen molar-refractivity contribution in [3.8, 4) is 0 Å². The van der Waals surface area contributed by atoms with Gasteiger partial charge in [0.1, 0.15) is 0 Å². The molecular formula is C12H17N3O4S. The molecule has 20 heavy (non-hydrogen) atoms. The van der Waals surface area contributed by atoms with E-state index < -0.39 is 20.6 Å². The van der Waals surface area contributed by atoms with Gasteiger partial charge in [0.15, 0.2) is 4.90 Å². The second kappa shape index (κ2) is 5.76. The van der Waals surface area contributed by atoms with Crippen LogP contribution in [0.3, 0.4) is 0 Å². The lowest BCUT2D eigenvalue weighted by Gasteiger charge is -2.25. The lowest BCUT2D eigenvalue weighted by molar-refractivity contribution is -0.387. The number of nitrogens with zero attached hydrogens (tertiary/aromatic N) is 1. The molecule has 0 unspecified atom stereocenters.